The quantitative estimate of drug-likeness (QED) is 0.734. The molecule has 0 aliphatic rings. The Balaban J connectivity index is 1.75. The van der Waals surface area contributed by atoms with Crippen molar-refractivity contribution < 1.29 is 5.32 Å². The van der Waals surface area contributed by atoms with Crippen LogP contribution in [0.1, 0.15) is 16.7 Å². The van der Waals surface area contributed by atoms with Gasteiger partial charge in [-0.05, 0) is 25.1 Å². The van der Waals surface area contributed by atoms with Gasteiger partial charge in [-0.3, -0.25) is 0 Å². The highest BCUT2D eigenvalue weighted by atomic mass is 35.5. The Bertz CT molecular complexity index is 754. The molecule has 0 amide bonds. The molecule has 2 aromatic carbocycles. The van der Waals surface area contributed by atoms with Crippen molar-refractivity contribution in [1.82, 2.24) is 4.98 Å². The van der Waals surface area contributed by atoms with Crippen molar-refractivity contribution in [3.63, 3.8) is 0 Å². The molecule has 0 saturated heterocycles. The number of nitrogens with two attached hydrogens (primary N) is 1. The molecule has 1 heterocycles. The molecule has 0 aliphatic heterocycles. The van der Waals surface area contributed by atoms with Crippen molar-refractivity contribution in [3.8, 4) is 0 Å². The van der Waals surface area contributed by atoms with Gasteiger partial charge >= 0.3 is 0 Å². The smallest absolute Gasteiger partial charge is 0.138 e. The average molecular weight is 298 g/mol. The predicted molar refractivity (Wildman–Crippen MR) is 87.3 cm³/mol. The van der Waals surface area contributed by atoms with Crippen LogP contribution in [0.3, 0.4) is 0 Å². The van der Waals surface area contributed by atoms with E-state index in [2.05, 4.69) is 59.7 Å². The van der Waals surface area contributed by atoms with E-state index in [0.29, 0.717) is 5.15 Å². The second kappa shape index (κ2) is 6.25. The van der Waals surface area contributed by atoms with E-state index in [9.17, 15) is 0 Å². The molecule has 0 unspecified atom stereocenters. The fourth-order valence-electron chi connectivity index (χ4n) is 2.47. The van der Waals surface area contributed by atoms with Crippen LogP contribution in [0.4, 0.5) is 0 Å². The van der Waals surface area contributed by atoms with Gasteiger partial charge in [0.2, 0.25) is 0 Å². The van der Waals surface area contributed by atoms with E-state index < -0.39 is 0 Å². The van der Waals surface area contributed by atoms with E-state index in [0.717, 1.165) is 29.6 Å². The molecule has 3 aromatic rings. The van der Waals surface area contributed by atoms with E-state index in [1.165, 1.54) is 11.1 Å². The van der Waals surface area contributed by atoms with Crippen molar-refractivity contribution in [3.05, 3.63) is 76.4 Å². The Labute approximate surface area is 129 Å². The van der Waals surface area contributed by atoms with E-state index >= 15 is 0 Å². The number of nitrogens with zero attached hydrogens (tertiary/aromatic N) is 1. The van der Waals surface area contributed by atoms with Crippen LogP contribution in [0.25, 0.3) is 10.9 Å². The van der Waals surface area contributed by atoms with Crippen LogP contribution < -0.4 is 5.32 Å². The van der Waals surface area contributed by atoms with Crippen LogP contribution in [-0.4, -0.2) is 4.98 Å². The molecule has 0 aliphatic carbocycles. The van der Waals surface area contributed by atoms with Gasteiger partial charge in [-0.1, -0.05) is 53.6 Å². The lowest BCUT2D eigenvalue weighted by molar-refractivity contribution is -0.686. The van der Waals surface area contributed by atoms with Gasteiger partial charge in [0, 0.05) is 16.5 Å². The highest BCUT2D eigenvalue weighted by molar-refractivity contribution is 6.30. The van der Waals surface area contributed by atoms with Gasteiger partial charge in [-0.2, -0.15) is 0 Å². The minimum atomic E-state index is 0.607. The van der Waals surface area contributed by atoms with Crippen molar-refractivity contribution in [1.29, 1.82) is 0 Å². The maximum Gasteiger partial charge on any atom is 0.138 e. The SMILES string of the molecule is Cc1ccc2nc(Cl)c(C[NH2+]Cc3ccccc3)cc2c1. The molecule has 2 N–H and O–H groups in total. The van der Waals surface area contributed by atoms with Gasteiger partial charge in [0.25, 0.3) is 0 Å². The second-order valence-electron chi connectivity index (χ2n) is 5.32. The lowest BCUT2D eigenvalue weighted by Gasteiger charge is -2.06. The zero-order chi connectivity index (χ0) is 14.7. The summed E-state index contributed by atoms with van der Waals surface area (Å²) in [5.74, 6) is 0. The van der Waals surface area contributed by atoms with Gasteiger partial charge in [-0.25, -0.2) is 4.98 Å². The molecule has 0 radical (unpaired) electrons. The summed E-state index contributed by atoms with van der Waals surface area (Å²) in [4.78, 5) is 4.49. The number of aromatic nitrogens is 1. The molecule has 106 valence electrons. The second-order valence-corrected chi connectivity index (χ2v) is 5.67. The van der Waals surface area contributed by atoms with Crippen molar-refractivity contribution >= 4 is 22.5 Å². The number of fused-ring (bicyclic) bond motifs is 1. The predicted octanol–water partition coefficient (Wildman–Crippen LogP) is 3.46. The number of pyridine rings is 1. The Morgan fingerprint density at radius 2 is 1.81 bits per heavy atom. The highest BCUT2D eigenvalue weighted by Crippen LogP contribution is 2.20. The Hall–Kier alpha value is -1.90. The van der Waals surface area contributed by atoms with Gasteiger partial charge in [0.1, 0.15) is 18.2 Å². The standard InChI is InChI=1S/C18H17ClN2/c1-13-7-8-17-15(9-13)10-16(18(19)21-17)12-20-11-14-5-3-2-4-6-14/h2-10,20H,11-12H2,1H3/p+1. The molecule has 0 fully saturated rings. The molecule has 0 atom stereocenters. The minimum absolute atomic E-state index is 0.607. The maximum atomic E-state index is 6.29. The highest BCUT2D eigenvalue weighted by Gasteiger charge is 2.07. The lowest BCUT2D eigenvalue weighted by atomic mass is 10.1. The van der Waals surface area contributed by atoms with Crippen LogP contribution in [0.5, 0.6) is 0 Å². The molecule has 2 nitrogen and oxygen atoms in total. The average Bonchev–Trinajstić information content (AvgIpc) is 2.49. The number of halogens is 1. The van der Waals surface area contributed by atoms with Crippen LogP contribution in [0, 0.1) is 6.92 Å². The summed E-state index contributed by atoms with van der Waals surface area (Å²) in [6.07, 6.45) is 0. The molecule has 0 saturated carbocycles. The van der Waals surface area contributed by atoms with E-state index in [4.69, 9.17) is 11.6 Å². The van der Waals surface area contributed by atoms with Crippen molar-refractivity contribution in [2.24, 2.45) is 0 Å². The Kier molecular flexibility index (Phi) is 4.18. The molecular weight excluding hydrogens is 280 g/mol. The fourth-order valence-corrected chi connectivity index (χ4v) is 2.69. The topological polar surface area (TPSA) is 29.5 Å². The molecule has 0 spiro atoms. The first-order chi connectivity index (χ1) is 10.2. The minimum Gasteiger partial charge on any atom is -0.339 e. The molecule has 3 heteroatoms. The van der Waals surface area contributed by atoms with Crippen LogP contribution in [-0.2, 0) is 13.1 Å². The maximum absolute atomic E-state index is 6.29. The molecule has 1 aromatic heterocycles. The fraction of sp³-hybridized carbons (Fsp3) is 0.167. The third kappa shape index (κ3) is 3.41. The number of rotatable bonds is 4. The Morgan fingerprint density at radius 3 is 2.62 bits per heavy atom. The number of hydrogen-bond donors (Lipinski definition) is 1. The van der Waals surface area contributed by atoms with Gasteiger partial charge < -0.3 is 5.32 Å². The lowest BCUT2D eigenvalue weighted by Crippen LogP contribution is -2.80. The first kappa shape index (κ1) is 14.1. The summed E-state index contributed by atoms with van der Waals surface area (Å²) < 4.78 is 0. The van der Waals surface area contributed by atoms with Crippen molar-refractivity contribution in [2.75, 3.05) is 0 Å². The van der Waals surface area contributed by atoms with E-state index in [1.807, 2.05) is 12.1 Å². The summed E-state index contributed by atoms with van der Waals surface area (Å²) >= 11 is 6.29. The van der Waals surface area contributed by atoms with Gasteiger partial charge in [-0.15, -0.1) is 0 Å². The number of benzene rings is 2. The van der Waals surface area contributed by atoms with Crippen molar-refractivity contribution in [2.45, 2.75) is 20.0 Å². The van der Waals surface area contributed by atoms with Crippen LogP contribution in [0.2, 0.25) is 5.15 Å². The largest absolute Gasteiger partial charge is 0.339 e. The first-order valence-corrected chi connectivity index (χ1v) is 7.51. The molecular formula is C18H18ClN2+. The Morgan fingerprint density at radius 1 is 1.00 bits per heavy atom. The van der Waals surface area contributed by atoms with Gasteiger partial charge in [0.15, 0.2) is 0 Å². The van der Waals surface area contributed by atoms with E-state index in [1.54, 1.807) is 0 Å². The normalized spacial score (nSPS) is 11.0. The summed E-state index contributed by atoms with van der Waals surface area (Å²) in [5.41, 5.74) is 4.60. The molecule has 3 rings (SSSR count). The summed E-state index contributed by atoms with van der Waals surface area (Å²) in [6.45, 7) is 3.88. The van der Waals surface area contributed by atoms with Crippen LogP contribution >= 0.6 is 11.6 Å². The van der Waals surface area contributed by atoms with Gasteiger partial charge in [0.05, 0.1) is 5.52 Å². The van der Waals surface area contributed by atoms with E-state index in [-0.39, 0.29) is 0 Å². The zero-order valence-corrected chi connectivity index (χ0v) is 12.8. The third-order valence-electron chi connectivity index (χ3n) is 3.58. The number of aryl methyl sites for hydroxylation is 1. The van der Waals surface area contributed by atoms with Crippen LogP contribution in [0.15, 0.2) is 54.6 Å². The third-order valence-corrected chi connectivity index (χ3v) is 3.91. The summed E-state index contributed by atoms with van der Waals surface area (Å²) in [7, 11) is 0. The molecule has 21 heavy (non-hydrogen) atoms. The zero-order valence-electron chi connectivity index (χ0n) is 12.0. The first-order valence-electron chi connectivity index (χ1n) is 7.14. The number of hydrogen-bond acceptors (Lipinski definition) is 1. The molecule has 0 bridgehead atoms. The monoisotopic (exact) mass is 297 g/mol. The summed E-state index contributed by atoms with van der Waals surface area (Å²) in [6, 6.07) is 18.8. The number of quaternary nitrogens is 1. The summed E-state index contributed by atoms with van der Waals surface area (Å²) in [5, 5.41) is 4.01.